The lowest BCUT2D eigenvalue weighted by molar-refractivity contribution is -0.236. The molecule has 0 saturated carbocycles. The van der Waals surface area contributed by atoms with Gasteiger partial charge in [0.2, 0.25) is 0 Å². The quantitative estimate of drug-likeness (QED) is 0.735. The first-order valence-electron chi connectivity index (χ1n) is 6.28. The summed E-state index contributed by atoms with van der Waals surface area (Å²) in [6.45, 7) is 7.78. The zero-order valence-corrected chi connectivity index (χ0v) is 11.1. The van der Waals surface area contributed by atoms with E-state index in [-0.39, 0.29) is 18.3 Å². The highest BCUT2D eigenvalue weighted by atomic mass is 16.8. The zero-order valence-electron chi connectivity index (χ0n) is 11.1. The molecule has 0 radical (unpaired) electrons. The lowest BCUT2D eigenvalue weighted by atomic mass is 10.1. The molecule has 3 aliphatic heterocycles. The highest BCUT2D eigenvalue weighted by Gasteiger charge is 2.58. The van der Waals surface area contributed by atoms with Crippen LogP contribution in [0, 0.1) is 0 Å². The van der Waals surface area contributed by atoms with Crippen LogP contribution in [0.1, 0.15) is 27.7 Å². The molecule has 6 nitrogen and oxygen atoms in total. The molecule has 3 fully saturated rings. The van der Waals surface area contributed by atoms with Crippen LogP contribution >= 0.6 is 0 Å². The fraction of sp³-hybridized carbons (Fsp3) is 1.00. The van der Waals surface area contributed by atoms with Gasteiger partial charge in [-0.25, -0.2) is 0 Å². The third-order valence-corrected chi connectivity index (χ3v) is 3.46. The first kappa shape index (κ1) is 12.8. The van der Waals surface area contributed by atoms with E-state index >= 15 is 0 Å². The molecule has 1 N–H and O–H groups in total. The second-order valence-electron chi connectivity index (χ2n) is 5.92. The summed E-state index contributed by atoms with van der Waals surface area (Å²) >= 11 is 0. The van der Waals surface area contributed by atoms with Gasteiger partial charge in [0.1, 0.15) is 24.4 Å². The molecule has 0 aromatic heterocycles. The molecule has 5 atom stereocenters. The van der Waals surface area contributed by atoms with E-state index in [1.807, 2.05) is 27.7 Å². The number of hydrogen-bond acceptors (Lipinski definition) is 6. The van der Waals surface area contributed by atoms with Gasteiger partial charge >= 0.3 is 0 Å². The fourth-order valence-electron chi connectivity index (χ4n) is 2.78. The monoisotopic (exact) mass is 260 g/mol. The highest BCUT2D eigenvalue weighted by Crippen LogP contribution is 2.41. The van der Waals surface area contributed by atoms with Gasteiger partial charge < -0.3 is 28.8 Å². The molecule has 2 unspecified atom stereocenters. The maximum Gasteiger partial charge on any atom is 0.184 e. The Bertz CT molecular complexity index is 341. The highest BCUT2D eigenvalue weighted by molar-refractivity contribution is 4.99. The maximum atomic E-state index is 9.87. The van der Waals surface area contributed by atoms with Crippen molar-refractivity contribution in [3.8, 4) is 0 Å². The minimum Gasteiger partial charge on any atom is -0.366 e. The molecule has 3 saturated heterocycles. The van der Waals surface area contributed by atoms with E-state index < -0.39 is 24.0 Å². The number of fused-ring (bicyclic) bond motifs is 1. The smallest absolute Gasteiger partial charge is 0.184 e. The van der Waals surface area contributed by atoms with Gasteiger partial charge in [0.05, 0.1) is 6.61 Å². The third kappa shape index (κ3) is 2.07. The molecule has 6 heteroatoms. The number of aliphatic hydroxyl groups excluding tert-OH is 1. The molecular formula is C12H20O6. The van der Waals surface area contributed by atoms with Crippen LogP contribution in [-0.4, -0.2) is 54.0 Å². The van der Waals surface area contributed by atoms with Crippen LogP contribution in [0.2, 0.25) is 0 Å². The van der Waals surface area contributed by atoms with Gasteiger partial charge in [-0.2, -0.15) is 0 Å². The van der Waals surface area contributed by atoms with Crippen molar-refractivity contribution in [2.24, 2.45) is 0 Å². The Morgan fingerprint density at radius 3 is 2.17 bits per heavy atom. The van der Waals surface area contributed by atoms with E-state index in [0.29, 0.717) is 6.61 Å². The van der Waals surface area contributed by atoms with Gasteiger partial charge in [-0.1, -0.05) is 0 Å². The predicted octanol–water partition coefficient (Wildman–Crippen LogP) is 0.375. The molecule has 3 heterocycles. The molecule has 0 bridgehead atoms. The average molecular weight is 260 g/mol. The minimum atomic E-state index is -0.978. The molecule has 104 valence electrons. The number of aliphatic hydroxyl groups is 1. The molecular weight excluding hydrogens is 240 g/mol. The van der Waals surface area contributed by atoms with E-state index in [0.717, 1.165) is 0 Å². The van der Waals surface area contributed by atoms with Crippen molar-refractivity contribution in [3.63, 3.8) is 0 Å². The van der Waals surface area contributed by atoms with Crippen LogP contribution in [0.25, 0.3) is 0 Å². The standard InChI is InChI=1S/C12H20O6/c1-11(2)14-5-6(16-11)7-8-9(10(13)15-7)18-12(3,4)17-8/h6-10,13H,5H2,1-4H3/t6?,7-,8?,9-,10+/m0/s1. The Hall–Kier alpha value is -0.240. The molecule has 0 amide bonds. The molecule has 0 aromatic rings. The number of rotatable bonds is 1. The lowest BCUT2D eigenvalue weighted by Crippen LogP contribution is -2.40. The Kier molecular flexibility index (Phi) is 2.75. The second-order valence-corrected chi connectivity index (χ2v) is 5.92. The Labute approximate surface area is 106 Å². The normalized spacial score (nSPS) is 49.5. The summed E-state index contributed by atoms with van der Waals surface area (Å²) in [7, 11) is 0. The van der Waals surface area contributed by atoms with E-state index in [9.17, 15) is 5.11 Å². The third-order valence-electron chi connectivity index (χ3n) is 3.46. The lowest BCUT2D eigenvalue weighted by Gasteiger charge is -2.26. The topological polar surface area (TPSA) is 66.4 Å². The van der Waals surface area contributed by atoms with Crippen molar-refractivity contribution in [1.29, 1.82) is 0 Å². The van der Waals surface area contributed by atoms with Crippen molar-refractivity contribution in [2.75, 3.05) is 6.61 Å². The summed E-state index contributed by atoms with van der Waals surface area (Å²) in [6, 6.07) is 0. The van der Waals surface area contributed by atoms with Gasteiger partial charge in [-0.3, -0.25) is 0 Å². The summed E-state index contributed by atoms with van der Waals surface area (Å²) in [6.07, 6.45) is -2.38. The fourth-order valence-corrected chi connectivity index (χ4v) is 2.78. The maximum absolute atomic E-state index is 9.87. The molecule has 0 spiro atoms. The first-order chi connectivity index (χ1) is 8.27. The molecule has 3 aliphatic rings. The van der Waals surface area contributed by atoms with Gasteiger partial charge in [0, 0.05) is 0 Å². The SMILES string of the molecule is CC1(C)OCC([C@@H]2O[C@@H](O)[C@H]3OC(C)(C)OC23)O1. The minimum absolute atomic E-state index is 0.248. The van der Waals surface area contributed by atoms with Crippen LogP contribution in [-0.2, 0) is 23.7 Å². The zero-order chi connectivity index (χ0) is 13.1. The van der Waals surface area contributed by atoms with E-state index in [1.165, 1.54) is 0 Å². The Balaban J connectivity index is 1.75. The van der Waals surface area contributed by atoms with E-state index in [2.05, 4.69) is 0 Å². The Morgan fingerprint density at radius 1 is 0.889 bits per heavy atom. The van der Waals surface area contributed by atoms with Crippen LogP contribution in [0.5, 0.6) is 0 Å². The molecule has 0 aromatic carbocycles. The van der Waals surface area contributed by atoms with Gasteiger partial charge in [0.15, 0.2) is 17.9 Å². The summed E-state index contributed by atoms with van der Waals surface area (Å²) in [5, 5.41) is 9.87. The average Bonchev–Trinajstić information content (AvgIpc) is 2.81. The number of ether oxygens (including phenoxy) is 5. The first-order valence-corrected chi connectivity index (χ1v) is 6.28. The predicted molar refractivity (Wildman–Crippen MR) is 59.6 cm³/mol. The van der Waals surface area contributed by atoms with Gasteiger partial charge in [-0.15, -0.1) is 0 Å². The molecule has 3 rings (SSSR count). The molecule has 18 heavy (non-hydrogen) atoms. The van der Waals surface area contributed by atoms with Crippen LogP contribution in [0.15, 0.2) is 0 Å². The van der Waals surface area contributed by atoms with Crippen LogP contribution in [0.4, 0.5) is 0 Å². The summed E-state index contributed by atoms with van der Waals surface area (Å²) < 4.78 is 28.2. The van der Waals surface area contributed by atoms with Crippen molar-refractivity contribution in [3.05, 3.63) is 0 Å². The molecule has 0 aliphatic carbocycles. The van der Waals surface area contributed by atoms with Crippen LogP contribution in [0.3, 0.4) is 0 Å². The second kappa shape index (κ2) is 3.88. The van der Waals surface area contributed by atoms with E-state index in [1.54, 1.807) is 0 Å². The van der Waals surface area contributed by atoms with Crippen LogP contribution < -0.4 is 0 Å². The summed E-state index contributed by atoms with van der Waals surface area (Å²) in [5.74, 6) is -1.32. The van der Waals surface area contributed by atoms with Gasteiger partial charge in [-0.05, 0) is 27.7 Å². The summed E-state index contributed by atoms with van der Waals surface area (Å²) in [5.41, 5.74) is 0. The number of hydrogen-bond donors (Lipinski definition) is 1. The largest absolute Gasteiger partial charge is 0.366 e. The summed E-state index contributed by atoms with van der Waals surface area (Å²) in [4.78, 5) is 0. The van der Waals surface area contributed by atoms with Gasteiger partial charge in [0.25, 0.3) is 0 Å². The van der Waals surface area contributed by atoms with Crippen molar-refractivity contribution >= 4 is 0 Å². The van der Waals surface area contributed by atoms with Crippen molar-refractivity contribution < 1.29 is 28.8 Å². The Morgan fingerprint density at radius 2 is 1.56 bits per heavy atom. The van der Waals surface area contributed by atoms with Crippen molar-refractivity contribution in [2.45, 2.75) is 70.0 Å². The van der Waals surface area contributed by atoms with E-state index in [4.69, 9.17) is 23.7 Å². The van der Waals surface area contributed by atoms with Crippen molar-refractivity contribution in [1.82, 2.24) is 0 Å².